The molecule has 0 bridgehead atoms. The van der Waals surface area contributed by atoms with E-state index < -0.39 is 17.3 Å². The summed E-state index contributed by atoms with van der Waals surface area (Å²) in [5.74, 6) is 0. The average Bonchev–Trinajstić information content (AvgIpc) is 2.68. The van der Waals surface area contributed by atoms with Crippen molar-refractivity contribution in [3.63, 3.8) is 0 Å². The maximum atomic E-state index is 13.2. The van der Waals surface area contributed by atoms with Crippen LogP contribution in [0.4, 0.5) is 13.2 Å². The van der Waals surface area contributed by atoms with Crippen molar-refractivity contribution in [2.24, 2.45) is 0 Å². The Labute approximate surface area is 161 Å². The van der Waals surface area contributed by atoms with Crippen molar-refractivity contribution in [3.8, 4) is 0 Å². The Morgan fingerprint density at radius 3 is 2.36 bits per heavy atom. The van der Waals surface area contributed by atoms with Crippen molar-refractivity contribution in [1.82, 2.24) is 4.90 Å². The number of fused-ring (bicyclic) bond motifs is 1. The fourth-order valence-electron chi connectivity index (χ4n) is 3.92. The molecule has 0 fully saturated rings. The summed E-state index contributed by atoms with van der Waals surface area (Å²) in [5.41, 5.74) is 0.672. The largest absolute Gasteiger partial charge is 0.416 e. The zero-order chi connectivity index (χ0) is 19.8. The van der Waals surface area contributed by atoms with Gasteiger partial charge in [-0.25, -0.2) is 0 Å². The van der Waals surface area contributed by atoms with Crippen LogP contribution >= 0.6 is 0 Å². The van der Waals surface area contributed by atoms with E-state index in [1.807, 2.05) is 48.5 Å². The van der Waals surface area contributed by atoms with Crippen molar-refractivity contribution in [1.29, 1.82) is 0 Å². The third-order valence-electron chi connectivity index (χ3n) is 5.23. The summed E-state index contributed by atoms with van der Waals surface area (Å²) < 4.78 is 39.7. The van der Waals surface area contributed by atoms with Crippen molar-refractivity contribution in [2.45, 2.75) is 24.9 Å². The Bertz CT molecular complexity index is 971. The van der Waals surface area contributed by atoms with Crippen LogP contribution in [0.1, 0.15) is 27.8 Å². The predicted molar refractivity (Wildman–Crippen MR) is 101 cm³/mol. The van der Waals surface area contributed by atoms with Gasteiger partial charge in [0.2, 0.25) is 0 Å². The maximum Gasteiger partial charge on any atom is 0.416 e. The van der Waals surface area contributed by atoms with Crippen LogP contribution in [-0.2, 0) is 24.9 Å². The van der Waals surface area contributed by atoms with Crippen LogP contribution < -0.4 is 0 Å². The minimum Gasteiger partial charge on any atom is -0.379 e. The normalized spacial score (nSPS) is 20.0. The monoisotopic (exact) mass is 383 g/mol. The van der Waals surface area contributed by atoms with Gasteiger partial charge in [-0.15, -0.1) is 0 Å². The molecule has 5 heteroatoms. The summed E-state index contributed by atoms with van der Waals surface area (Å²) in [7, 11) is 0. The lowest BCUT2D eigenvalue weighted by atomic mass is 9.80. The minimum atomic E-state index is -4.45. The molecule has 144 valence electrons. The Morgan fingerprint density at radius 2 is 1.61 bits per heavy atom. The van der Waals surface area contributed by atoms with Gasteiger partial charge in [0.05, 0.1) is 5.56 Å². The fourth-order valence-corrected chi connectivity index (χ4v) is 3.92. The van der Waals surface area contributed by atoms with E-state index in [0.29, 0.717) is 18.7 Å². The van der Waals surface area contributed by atoms with E-state index in [4.69, 9.17) is 0 Å². The Kier molecular flexibility index (Phi) is 4.73. The predicted octanol–water partition coefficient (Wildman–Crippen LogP) is 4.96. The number of hydrogen-bond donors (Lipinski definition) is 1. The third kappa shape index (κ3) is 3.55. The van der Waals surface area contributed by atoms with Gasteiger partial charge < -0.3 is 5.11 Å². The van der Waals surface area contributed by atoms with Gasteiger partial charge in [-0.05, 0) is 34.4 Å². The molecule has 1 unspecified atom stereocenters. The van der Waals surface area contributed by atoms with Gasteiger partial charge in [0.25, 0.3) is 0 Å². The molecule has 28 heavy (non-hydrogen) atoms. The average molecular weight is 383 g/mol. The minimum absolute atomic E-state index is 0.222. The van der Waals surface area contributed by atoms with Gasteiger partial charge in [-0.3, -0.25) is 4.90 Å². The zero-order valence-corrected chi connectivity index (χ0v) is 15.2. The molecule has 1 aliphatic rings. The van der Waals surface area contributed by atoms with E-state index >= 15 is 0 Å². The molecule has 0 aromatic heterocycles. The van der Waals surface area contributed by atoms with Crippen LogP contribution in [-0.4, -0.2) is 16.6 Å². The van der Waals surface area contributed by atoms with Crippen molar-refractivity contribution < 1.29 is 18.3 Å². The highest BCUT2D eigenvalue weighted by molar-refractivity contribution is 5.44. The number of aliphatic hydroxyl groups is 1. The van der Waals surface area contributed by atoms with E-state index in [9.17, 15) is 18.3 Å². The first kappa shape index (κ1) is 18.7. The molecule has 1 aliphatic heterocycles. The standard InChI is InChI=1S/C23H20F3NO/c24-23(25,26)20-11-6-10-19(13-20)22(28)16-27(14-17-7-2-1-3-8-17)15-18-9-4-5-12-21(18)22/h1-13,28H,14-16H2. The topological polar surface area (TPSA) is 23.5 Å². The molecule has 0 aliphatic carbocycles. The Morgan fingerprint density at radius 1 is 0.893 bits per heavy atom. The summed E-state index contributed by atoms with van der Waals surface area (Å²) in [6.45, 7) is 1.46. The molecule has 2 nitrogen and oxygen atoms in total. The molecule has 0 spiro atoms. The number of rotatable bonds is 3. The van der Waals surface area contributed by atoms with Crippen LogP contribution in [0, 0.1) is 0 Å². The van der Waals surface area contributed by atoms with Crippen molar-refractivity contribution >= 4 is 0 Å². The van der Waals surface area contributed by atoms with Gasteiger partial charge in [0, 0.05) is 19.6 Å². The van der Waals surface area contributed by atoms with Crippen LogP contribution in [0.15, 0.2) is 78.9 Å². The lowest BCUT2D eigenvalue weighted by molar-refractivity contribution is -0.137. The highest BCUT2D eigenvalue weighted by Gasteiger charge is 2.40. The molecule has 0 radical (unpaired) electrons. The highest BCUT2D eigenvalue weighted by atomic mass is 19.4. The molecule has 1 atom stereocenters. The number of hydrogen-bond acceptors (Lipinski definition) is 2. The summed E-state index contributed by atoms with van der Waals surface area (Å²) in [6.07, 6.45) is -4.45. The van der Waals surface area contributed by atoms with Crippen molar-refractivity contribution in [2.75, 3.05) is 6.54 Å². The number of halogens is 3. The van der Waals surface area contributed by atoms with Crippen LogP contribution in [0.3, 0.4) is 0 Å². The van der Waals surface area contributed by atoms with Gasteiger partial charge in [0.15, 0.2) is 0 Å². The van der Waals surface area contributed by atoms with Crippen molar-refractivity contribution in [3.05, 3.63) is 107 Å². The molecule has 0 amide bonds. The first-order valence-corrected chi connectivity index (χ1v) is 9.11. The third-order valence-corrected chi connectivity index (χ3v) is 5.23. The number of alkyl halides is 3. The second-order valence-electron chi connectivity index (χ2n) is 7.23. The molecule has 3 aromatic carbocycles. The first-order valence-electron chi connectivity index (χ1n) is 9.11. The van der Waals surface area contributed by atoms with E-state index in [0.717, 1.165) is 23.3 Å². The lowest BCUT2D eigenvalue weighted by Crippen LogP contribution is -2.46. The highest BCUT2D eigenvalue weighted by Crippen LogP contribution is 2.40. The molecule has 0 saturated carbocycles. The van der Waals surface area contributed by atoms with Gasteiger partial charge in [-0.1, -0.05) is 66.7 Å². The summed E-state index contributed by atoms with van der Waals surface area (Å²) in [5, 5.41) is 11.6. The van der Waals surface area contributed by atoms with Gasteiger partial charge in [-0.2, -0.15) is 13.2 Å². The number of β-amino-alcohol motifs (C(OH)–C–C–N with tert-alkyl or cyclic N) is 1. The number of nitrogens with zero attached hydrogens (tertiary/aromatic N) is 1. The molecule has 1 heterocycles. The molecular formula is C23H20F3NO. The fraction of sp³-hybridized carbons (Fsp3) is 0.217. The molecule has 0 saturated heterocycles. The van der Waals surface area contributed by atoms with E-state index in [2.05, 4.69) is 4.90 Å². The molecular weight excluding hydrogens is 363 g/mol. The molecule has 4 rings (SSSR count). The Balaban J connectivity index is 1.76. The Hall–Kier alpha value is -2.63. The van der Waals surface area contributed by atoms with Gasteiger partial charge >= 0.3 is 6.18 Å². The van der Waals surface area contributed by atoms with E-state index in [-0.39, 0.29) is 12.1 Å². The van der Waals surface area contributed by atoms with E-state index in [1.165, 1.54) is 6.07 Å². The molecule has 1 N–H and O–H groups in total. The van der Waals surface area contributed by atoms with Gasteiger partial charge in [0.1, 0.15) is 5.60 Å². The second-order valence-corrected chi connectivity index (χ2v) is 7.23. The summed E-state index contributed by atoms with van der Waals surface area (Å²) in [6, 6.07) is 22.3. The molecule has 3 aromatic rings. The zero-order valence-electron chi connectivity index (χ0n) is 15.2. The summed E-state index contributed by atoms with van der Waals surface area (Å²) in [4.78, 5) is 2.07. The van der Waals surface area contributed by atoms with Crippen LogP contribution in [0.25, 0.3) is 0 Å². The number of benzene rings is 3. The second kappa shape index (κ2) is 7.08. The first-order chi connectivity index (χ1) is 13.4. The smallest absolute Gasteiger partial charge is 0.379 e. The maximum absolute atomic E-state index is 13.2. The lowest BCUT2D eigenvalue weighted by Gasteiger charge is -2.41. The van der Waals surface area contributed by atoms with E-state index in [1.54, 1.807) is 12.1 Å². The van der Waals surface area contributed by atoms with Crippen LogP contribution in [0.2, 0.25) is 0 Å². The SMILES string of the molecule is OC1(c2cccc(C(F)(F)F)c2)CN(Cc2ccccc2)Cc2ccccc21. The quantitative estimate of drug-likeness (QED) is 0.691. The summed E-state index contributed by atoms with van der Waals surface area (Å²) >= 11 is 0. The van der Waals surface area contributed by atoms with Crippen LogP contribution in [0.5, 0.6) is 0 Å².